The van der Waals surface area contributed by atoms with Gasteiger partial charge in [-0.3, -0.25) is 9.59 Å². The molecule has 2 aliphatic heterocycles. The van der Waals surface area contributed by atoms with Crippen LogP contribution in [0, 0.1) is 11.8 Å². The molecule has 0 bridgehead atoms. The number of likely N-dealkylation sites (tertiary alicyclic amines) is 1. The van der Waals surface area contributed by atoms with Crippen molar-refractivity contribution in [2.75, 3.05) is 26.2 Å². The molecule has 0 spiro atoms. The van der Waals surface area contributed by atoms with E-state index in [2.05, 4.69) is 10.6 Å². The molecule has 0 aromatic heterocycles. The van der Waals surface area contributed by atoms with Crippen LogP contribution in [0.5, 0.6) is 0 Å². The van der Waals surface area contributed by atoms with Crippen molar-refractivity contribution in [1.82, 2.24) is 15.5 Å². The average Bonchev–Trinajstić information content (AvgIpc) is 2.47. The number of carbonyl (C=O) groups is 2. The van der Waals surface area contributed by atoms with Crippen molar-refractivity contribution in [3.8, 4) is 0 Å². The van der Waals surface area contributed by atoms with Gasteiger partial charge in [-0.05, 0) is 32.2 Å². The topological polar surface area (TPSA) is 61.4 Å². The van der Waals surface area contributed by atoms with E-state index in [4.69, 9.17) is 0 Å². The Bertz CT molecular complexity index is 349. The van der Waals surface area contributed by atoms with Crippen molar-refractivity contribution >= 4 is 24.2 Å². The second-order valence-corrected chi connectivity index (χ2v) is 6.31. The number of piperidine rings is 2. The van der Waals surface area contributed by atoms with E-state index < -0.39 is 0 Å². The maximum absolute atomic E-state index is 12.2. The smallest absolute Gasteiger partial charge is 0.225 e. The van der Waals surface area contributed by atoms with Crippen molar-refractivity contribution in [3.63, 3.8) is 0 Å². The van der Waals surface area contributed by atoms with Crippen molar-refractivity contribution < 1.29 is 9.59 Å². The number of hydrogen-bond donors (Lipinski definition) is 2. The monoisotopic (exact) mass is 317 g/mol. The lowest BCUT2D eigenvalue weighted by molar-refractivity contribution is -0.138. The highest BCUT2D eigenvalue weighted by atomic mass is 35.5. The lowest BCUT2D eigenvalue weighted by Gasteiger charge is -2.33. The third-order valence-corrected chi connectivity index (χ3v) is 4.31. The van der Waals surface area contributed by atoms with Gasteiger partial charge in [-0.15, -0.1) is 12.4 Å². The van der Waals surface area contributed by atoms with Gasteiger partial charge < -0.3 is 15.5 Å². The molecule has 2 aliphatic rings. The van der Waals surface area contributed by atoms with Gasteiger partial charge >= 0.3 is 0 Å². The number of rotatable bonds is 3. The summed E-state index contributed by atoms with van der Waals surface area (Å²) in [4.78, 5) is 26.0. The Morgan fingerprint density at radius 3 is 2.38 bits per heavy atom. The van der Waals surface area contributed by atoms with E-state index in [1.165, 1.54) is 0 Å². The molecule has 2 heterocycles. The van der Waals surface area contributed by atoms with E-state index in [9.17, 15) is 9.59 Å². The molecule has 0 aliphatic carbocycles. The van der Waals surface area contributed by atoms with Crippen LogP contribution in [-0.2, 0) is 9.59 Å². The highest BCUT2D eigenvalue weighted by Gasteiger charge is 2.29. The standard InChI is InChI=1S/C15H27N3O2.ClH/c1-11(2)15(20)18-8-5-12(6-9-18)14(19)17-13-4-3-7-16-10-13;/h11-13,16H,3-10H2,1-2H3,(H,17,19);1H/t13-;/m0./s1. The fourth-order valence-corrected chi connectivity index (χ4v) is 3.02. The molecule has 6 heteroatoms. The van der Waals surface area contributed by atoms with Gasteiger partial charge in [-0.1, -0.05) is 13.8 Å². The minimum absolute atomic E-state index is 0. The lowest BCUT2D eigenvalue weighted by atomic mass is 9.94. The summed E-state index contributed by atoms with van der Waals surface area (Å²) in [6.45, 7) is 7.24. The average molecular weight is 318 g/mol. The van der Waals surface area contributed by atoms with Crippen molar-refractivity contribution in [2.24, 2.45) is 11.8 Å². The second-order valence-electron chi connectivity index (χ2n) is 6.31. The molecule has 0 aromatic rings. The zero-order valence-corrected chi connectivity index (χ0v) is 13.9. The number of amides is 2. The van der Waals surface area contributed by atoms with E-state index in [1.807, 2.05) is 18.7 Å². The van der Waals surface area contributed by atoms with E-state index in [0.717, 1.165) is 51.9 Å². The van der Waals surface area contributed by atoms with Gasteiger partial charge in [-0.2, -0.15) is 0 Å². The van der Waals surface area contributed by atoms with Crippen LogP contribution in [0.4, 0.5) is 0 Å². The molecule has 122 valence electrons. The number of carbonyl (C=O) groups excluding carboxylic acids is 2. The number of nitrogens with zero attached hydrogens (tertiary/aromatic N) is 1. The van der Waals surface area contributed by atoms with Crippen molar-refractivity contribution in [3.05, 3.63) is 0 Å². The van der Waals surface area contributed by atoms with Crippen LogP contribution in [0.25, 0.3) is 0 Å². The molecule has 2 N–H and O–H groups in total. The Morgan fingerprint density at radius 1 is 1.19 bits per heavy atom. The molecule has 2 fully saturated rings. The Balaban J connectivity index is 0.00000220. The second kappa shape index (κ2) is 8.59. The quantitative estimate of drug-likeness (QED) is 0.821. The van der Waals surface area contributed by atoms with Crippen LogP contribution in [-0.4, -0.2) is 48.9 Å². The van der Waals surface area contributed by atoms with E-state index in [-0.39, 0.29) is 42.1 Å². The molecule has 0 unspecified atom stereocenters. The van der Waals surface area contributed by atoms with Gasteiger partial charge in [0.05, 0.1) is 0 Å². The maximum atomic E-state index is 12.2. The fraction of sp³-hybridized carbons (Fsp3) is 0.867. The van der Waals surface area contributed by atoms with E-state index >= 15 is 0 Å². The number of nitrogens with one attached hydrogen (secondary N) is 2. The van der Waals surface area contributed by atoms with Crippen LogP contribution in [0.3, 0.4) is 0 Å². The maximum Gasteiger partial charge on any atom is 0.225 e. The molecule has 2 saturated heterocycles. The zero-order valence-electron chi connectivity index (χ0n) is 13.1. The lowest BCUT2D eigenvalue weighted by Crippen LogP contribution is -2.50. The summed E-state index contributed by atoms with van der Waals surface area (Å²) >= 11 is 0. The van der Waals surface area contributed by atoms with E-state index in [1.54, 1.807) is 0 Å². The van der Waals surface area contributed by atoms with Gasteiger partial charge in [0, 0.05) is 37.5 Å². The minimum Gasteiger partial charge on any atom is -0.352 e. The van der Waals surface area contributed by atoms with Crippen LogP contribution in [0.1, 0.15) is 39.5 Å². The summed E-state index contributed by atoms with van der Waals surface area (Å²) in [5, 5.41) is 6.46. The molecular formula is C15H28ClN3O2. The first-order chi connectivity index (χ1) is 9.58. The van der Waals surface area contributed by atoms with Crippen LogP contribution in [0.2, 0.25) is 0 Å². The molecule has 0 saturated carbocycles. The highest BCUT2D eigenvalue weighted by molar-refractivity contribution is 5.85. The molecule has 2 amide bonds. The first-order valence-corrected chi connectivity index (χ1v) is 7.88. The van der Waals surface area contributed by atoms with Gasteiger partial charge in [0.1, 0.15) is 0 Å². The Labute approximate surface area is 133 Å². The molecule has 2 rings (SSSR count). The summed E-state index contributed by atoms with van der Waals surface area (Å²) in [6.07, 6.45) is 3.80. The van der Waals surface area contributed by atoms with Gasteiger partial charge in [0.2, 0.25) is 11.8 Å². The number of halogens is 1. The first-order valence-electron chi connectivity index (χ1n) is 7.88. The summed E-state index contributed by atoms with van der Waals surface area (Å²) in [6, 6.07) is 0.284. The molecule has 0 radical (unpaired) electrons. The number of hydrogen-bond acceptors (Lipinski definition) is 3. The Kier molecular flexibility index (Phi) is 7.46. The molecule has 5 nitrogen and oxygen atoms in total. The molecular weight excluding hydrogens is 290 g/mol. The normalized spacial score (nSPS) is 23.6. The zero-order chi connectivity index (χ0) is 14.5. The summed E-state index contributed by atoms with van der Waals surface area (Å²) in [7, 11) is 0. The van der Waals surface area contributed by atoms with Crippen molar-refractivity contribution in [1.29, 1.82) is 0 Å². The van der Waals surface area contributed by atoms with Crippen molar-refractivity contribution in [2.45, 2.75) is 45.6 Å². The van der Waals surface area contributed by atoms with E-state index in [0.29, 0.717) is 0 Å². The summed E-state index contributed by atoms with van der Waals surface area (Å²) in [5.41, 5.74) is 0. The first kappa shape index (κ1) is 18.2. The Morgan fingerprint density at radius 2 is 1.86 bits per heavy atom. The predicted molar refractivity (Wildman–Crippen MR) is 85.4 cm³/mol. The van der Waals surface area contributed by atoms with Crippen LogP contribution in [0.15, 0.2) is 0 Å². The largest absolute Gasteiger partial charge is 0.352 e. The Hall–Kier alpha value is -0.810. The summed E-state index contributed by atoms with van der Waals surface area (Å²) in [5.74, 6) is 0.512. The van der Waals surface area contributed by atoms with Crippen LogP contribution < -0.4 is 10.6 Å². The third kappa shape index (κ3) is 5.15. The highest BCUT2D eigenvalue weighted by Crippen LogP contribution is 2.19. The molecule has 21 heavy (non-hydrogen) atoms. The van der Waals surface area contributed by atoms with Gasteiger partial charge in [-0.25, -0.2) is 0 Å². The predicted octanol–water partition coefficient (Wildman–Crippen LogP) is 1.17. The molecule has 1 atom stereocenters. The molecule has 0 aromatic carbocycles. The fourth-order valence-electron chi connectivity index (χ4n) is 3.02. The third-order valence-electron chi connectivity index (χ3n) is 4.31. The summed E-state index contributed by atoms with van der Waals surface area (Å²) < 4.78 is 0. The van der Waals surface area contributed by atoms with Crippen LogP contribution >= 0.6 is 12.4 Å². The van der Waals surface area contributed by atoms with Gasteiger partial charge in [0.25, 0.3) is 0 Å². The minimum atomic E-state index is 0. The SMILES string of the molecule is CC(C)C(=O)N1CCC(C(=O)N[C@H]2CCCNC2)CC1.Cl. The van der Waals surface area contributed by atoms with Gasteiger partial charge in [0.15, 0.2) is 0 Å².